The highest BCUT2D eigenvalue weighted by Gasteiger charge is 2.27. The minimum atomic E-state index is 0.0100. The van der Waals surface area contributed by atoms with E-state index >= 15 is 0 Å². The monoisotopic (exact) mass is 298 g/mol. The highest BCUT2D eigenvalue weighted by molar-refractivity contribution is 7.80. The highest BCUT2D eigenvalue weighted by Crippen LogP contribution is 2.19. The van der Waals surface area contributed by atoms with Gasteiger partial charge in [-0.25, -0.2) is 0 Å². The van der Waals surface area contributed by atoms with Crippen LogP contribution in [0.3, 0.4) is 0 Å². The molecule has 1 saturated heterocycles. The maximum absolute atomic E-state index is 12.3. The number of hydrogen-bond donors (Lipinski definition) is 1. The lowest BCUT2D eigenvalue weighted by Crippen LogP contribution is -2.49. The standard InChI is InChI=1S/C16H30N2OS/c1-2-3-4-5-6-7-8-12-15(19)18-13-10-9-11-14(18)16(17)20/h14H,2-13H2,1H3,(H2,17,20). The van der Waals surface area contributed by atoms with Gasteiger partial charge in [0.15, 0.2) is 0 Å². The average Bonchev–Trinajstić information content (AvgIpc) is 2.46. The fourth-order valence-corrected chi connectivity index (χ4v) is 3.15. The summed E-state index contributed by atoms with van der Waals surface area (Å²) in [4.78, 5) is 14.7. The summed E-state index contributed by atoms with van der Waals surface area (Å²) in [7, 11) is 0. The van der Waals surface area contributed by atoms with Crippen LogP contribution in [0.25, 0.3) is 0 Å². The number of carbonyl (C=O) groups excluding carboxylic acids is 1. The summed E-state index contributed by atoms with van der Waals surface area (Å²) < 4.78 is 0. The Morgan fingerprint density at radius 2 is 1.80 bits per heavy atom. The fraction of sp³-hybridized carbons (Fsp3) is 0.875. The smallest absolute Gasteiger partial charge is 0.223 e. The van der Waals surface area contributed by atoms with Crippen LogP contribution in [-0.4, -0.2) is 28.4 Å². The molecule has 2 N–H and O–H groups in total. The van der Waals surface area contributed by atoms with E-state index in [1.807, 2.05) is 4.90 Å². The van der Waals surface area contributed by atoms with Gasteiger partial charge in [-0.3, -0.25) is 4.79 Å². The zero-order valence-electron chi connectivity index (χ0n) is 12.9. The molecular weight excluding hydrogens is 268 g/mol. The van der Waals surface area contributed by atoms with Crippen molar-refractivity contribution in [2.45, 2.75) is 83.6 Å². The third-order valence-corrected chi connectivity index (χ3v) is 4.42. The first kappa shape index (κ1) is 17.4. The summed E-state index contributed by atoms with van der Waals surface area (Å²) in [5.74, 6) is 0.246. The van der Waals surface area contributed by atoms with E-state index in [1.54, 1.807) is 0 Å². The summed E-state index contributed by atoms with van der Waals surface area (Å²) in [5, 5.41) is 0. The highest BCUT2D eigenvalue weighted by atomic mass is 32.1. The molecule has 1 aliphatic rings. The van der Waals surface area contributed by atoms with Crippen molar-refractivity contribution >= 4 is 23.1 Å². The number of hydrogen-bond acceptors (Lipinski definition) is 2. The second-order valence-electron chi connectivity index (χ2n) is 5.87. The summed E-state index contributed by atoms with van der Waals surface area (Å²) in [6.07, 6.45) is 12.5. The zero-order chi connectivity index (χ0) is 14.8. The number of piperidine rings is 1. The van der Waals surface area contributed by atoms with E-state index in [1.165, 1.54) is 38.5 Å². The third-order valence-electron chi connectivity index (χ3n) is 4.15. The first-order valence-corrected chi connectivity index (χ1v) is 8.66. The second-order valence-corrected chi connectivity index (χ2v) is 6.34. The first-order valence-electron chi connectivity index (χ1n) is 8.25. The van der Waals surface area contributed by atoms with Crippen LogP contribution in [-0.2, 0) is 4.79 Å². The molecule has 1 unspecified atom stereocenters. The molecule has 1 aliphatic heterocycles. The Morgan fingerprint density at radius 3 is 2.45 bits per heavy atom. The Bertz CT molecular complexity index is 307. The molecular formula is C16H30N2OS. The van der Waals surface area contributed by atoms with Crippen LogP contribution in [0, 0.1) is 0 Å². The molecule has 4 heteroatoms. The largest absolute Gasteiger partial charge is 0.392 e. The Balaban J connectivity index is 2.19. The molecule has 0 aromatic carbocycles. The lowest BCUT2D eigenvalue weighted by molar-refractivity contribution is -0.133. The number of nitrogens with two attached hydrogens (primary N) is 1. The van der Waals surface area contributed by atoms with Crippen LogP contribution in [0.15, 0.2) is 0 Å². The number of carbonyl (C=O) groups is 1. The summed E-state index contributed by atoms with van der Waals surface area (Å²) in [6.45, 7) is 3.06. The predicted molar refractivity (Wildman–Crippen MR) is 88.7 cm³/mol. The van der Waals surface area contributed by atoms with Gasteiger partial charge in [-0.1, -0.05) is 57.7 Å². The topological polar surface area (TPSA) is 46.3 Å². The van der Waals surface area contributed by atoms with Gasteiger partial charge in [-0.05, 0) is 25.7 Å². The van der Waals surface area contributed by atoms with Gasteiger partial charge in [0.05, 0.1) is 11.0 Å². The van der Waals surface area contributed by atoms with Crippen LogP contribution in [0.2, 0.25) is 0 Å². The average molecular weight is 298 g/mol. The van der Waals surface area contributed by atoms with E-state index in [9.17, 15) is 4.79 Å². The maximum atomic E-state index is 12.3. The predicted octanol–water partition coefficient (Wildman–Crippen LogP) is 3.79. The maximum Gasteiger partial charge on any atom is 0.223 e. The van der Waals surface area contributed by atoms with Crippen molar-refractivity contribution in [3.05, 3.63) is 0 Å². The number of unbranched alkanes of at least 4 members (excludes halogenated alkanes) is 6. The van der Waals surface area contributed by atoms with Gasteiger partial charge in [-0.15, -0.1) is 0 Å². The lowest BCUT2D eigenvalue weighted by Gasteiger charge is -2.35. The second kappa shape index (κ2) is 10.1. The van der Waals surface area contributed by atoms with Crippen molar-refractivity contribution < 1.29 is 4.79 Å². The molecule has 0 aromatic heterocycles. The van der Waals surface area contributed by atoms with E-state index in [2.05, 4.69) is 6.92 Å². The molecule has 0 saturated carbocycles. The van der Waals surface area contributed by atoms with Gasteiger partial charge >= 0.3 is 0 Å². The third kappa shape index (κ3) is 6.21. The quantitative estimate of drug-likeness (QED) is 0.520. The molecule has 1 fully saturated rings. The molecule has 1 heterocycles. The van der Waals surface area contributed by atoms with Gasteiger partial charge in [0, 0.05) is 13.0 Å². The zero-order valence-corrected chi connectivity index (χ0v) is 13.7. The first-order chi connectivity index (χ1) is 9.66. The van der Waals surface area contributed by atoms with E-state index < -0.39 is 0 Å². The molecule has 20 heavy (non-hydrogen) atoms. The van der Waals surface area contributed by atoms with E-state index in [4.69, 9.17) is 18.0 Å². The lowest BCUT2D eigenvalue weighted by atomic mass is 10.0. The molecule has 1 atom stereocenters. The molecule has 0 spiro atoms. The Morgan fingerprint density at radius 1 is 1.15 bits per heavy atom. The molecule has 1 rings (SSSR count). The van der Waals surface area contributed by atoms with E-state index in [0.717, 1.165) is 32.2 Å². The van der Waals surface area contributed by atoms with Crippen LogP contribution in [0.1, 0.15) is 77.6 Å². The normalized spacial score (nSPS) is 19.1. The van der Waals surface area contributed by atoms with Gasteiger partial charge in [0.1, 0.15) is 0 Å². The van der Waals surface area contributed by atoms with Crippen molar-refractivity contribution in [1.29, 1.82) is 0 Å². The summed E-state index contributed by atoms with van der Waals surface area (Å²) >= 11 is 5.09. The van der Waals surface area contributed by atoms with Crippen molar-refractivity contribution in [1.82, 2.24) is 4.90 Å². The molecule has 116 valence electrons. The SMILES string of the molecule is CCCCCCCCCC(=O)N1CCCCC1C(N)=S. The van der Waals surface area contributed by atoms with Gasteiger partial charge < -0.3 is 10.6 Å². The van der Waals surface area contributed by atoms with Crippen LogP contribution in [0.5, 0.6) is 0 Å². The van der Waals surface area contributed by atoms with Crippen molar-refractivity contribution in [3.63, 3.8) is 0 Å². The molecule has 0 radical (unpaired) electrons. The minimum absolute atomic E-state index is 0.0100. The number of amides is 1. The van der Waals surface area contributed by atoms with E-state index in [0.29, 0.717) is 11.4 Å². The van der Waals surface area contributed by atoms with Crippen LogP contribution < -0.4 is 5.73 Å². The minimum Gasteiger partial charge on any atom is -0.392 e. The van der Waals surface area contributed by atoms with E-state index in [-0.39, 0.29) is 11.9 Å². The molecule has 0 aliphatic carbocycles. The summed E-state index contributed by atoms with van der Waals surface area (Å²) in [6, 6.07) is 0.0100. The van der Waals surface area contributed by atoms with Crippen molar-refractivity contribution in [2.24, 2.45) is 5.73 Å². The Hall–Kier alpha value is -0.640. The van der Waals surface area contributed by atoms with Gasteiger partial charge in [-0.2, -0.15) is 0 Å². The van der Waals surface area contributed by atoms with Crippen LogP contribution >= 0.6 is 12.2 Å². The number of thiocarbonyl (C=S) groups is 1. The molecule has 3 nitrogen and oxygen atoms in total. The van der Waals surface area contributed by atoms with Crippen LogP contribution in [0.4, 0.5) is 0 Å². The fourth-order valence-electron chi connectivity index (χ4n) is 2.90. The summed E-state index contributed by atoms with van der Waals surface area (Å²) in [5.41, 5.74) is 5.76. The molecule has 0 bridgehead atoms. The van der Waals surface area contributed by atoms with Crippen molar-refractivity contribution in [3.8, 4) is 0 Å². The van der Waals surface area contributed by atoms with Crippen molar-refractivity contribution in [2.75, 3.05) is 6.54 Å². The number of rotatable bonds is 9. The number of nitrogens with zero attached hydrogens (tertiary/aromatic N) is 1. The van der Waals surface area contributed by atoms with Gasteiger partial charge in [0.25, 0.3) is 0 Å². The Labute approximate surface area is 129 Å². The molecule has 0 aromatic rings. The Kier molecular flexibility index (Phi) is 8.83. The van der Waals surface area contributed by atoms with Gasteiger partial charge in [0.2, 0.25) is 5.91 Å². The molecule has 1 amide bonds. The number of likely N-dealkylation sites (tertiary alicyclic amines) is 1.